The van der Waals surface area contributed by atoms with Crippen LogP contribution in [0.25, 0.3) is 5.57 Å². The molecule has 0 N–H and O–H groups in total. The van der Waals surface area contributed by atoms with Crippen LogP contribution in [0.4, 0.5) is 5.69 Å². The van der Waals surface area contributed by atoms with Gasteiger partial charge in [-0.1, -0.05) is 13.0 Å². The average molecular weight is 339 g/mol. The highest BCUT2D eigenvalue weighted by atomic mass is 16.5. The Labute approximate surface area is 148 Å². The summed E-state index contributed by atoms with van der Waals surface area (Å²) in [7, 11) is 1.69. The monoisotopic (exact) mass is 339 g/mol. The molecule has 3 rings (SSSR count). The second-order valence-corrected chi connectivity index (χ2v) is 6.83. The highest BCUT2D eigenvalue weighted by Gasteiger charge is 2.31. The van der Waals surface area contributed by atoms with Crippen LogP contribution in [-0.4, -0.2) is 40.3 Å². The SMILES string of the molecule is CCCN1c2cc(OC)c(/C=N\n3cnnc3)cc2C(C)=CC1(C)C. The first-order valence-electron chi connectivity index (χ1n) is 8.54. The van der Waals surface area contributed by atoms with Crippen LogP contribution in [0.3, 0.4) is 0 Å². The van der Waals surface area contributed by atoms with Crippen LogP contribution in [0.1, 0.15) is 45.2 Å². The van der Waals surface area contributed by atoms with Crippen LogP contribution < -0.4 is 9.64 Å². The molecule has 6 heteroatoms. The number of rotatable bonds is 5. The predicted octanol–water partition coefficient (Wildman–Crippen LogP) is 3.58. The molecule has 0 spiro atoms. The van der Waals surface area contributed by atoms with E-state index in [1.165, 1.54) is 16.8 Å². The quantitative estimate of drug-likeness (QED) is 0.781. The number of hydrogen-bond donors (Lipinski definition) is 0. The van der Waals surface area contributed by atoms with Crippen molar-refractivity contribution in [1.82, 2.24) is 14.9 Å². The van der Waals surface area contributed by atoms with Crippen molar-refractivity contribution in [3.05, 3.63) is 42.0 Å². The van der Waals surface area contributed by atoms with Gasteiger partial charge in [-0.25, -0.2) is 4.68 Å². The molecule has 2 aromatic rings. The molecule has 0 atom stereocenters. The molecular formula is C19H25N5O. The summed E-state index contributed by atoms with van der Waals surface area (Å²) < 4.78 is 7.20. The van der Waals surface area contributed by atoms with Gasteiger partial charge in [0.05, 0.1) is 18.9 Å². The summed E-state index contributed by atoms with van der Waals surface area (Å²) in [6, 6.07) is 4.27. The molecule has 25 heavy (non-hydrogen) atoms. The third-order valence-corrected chi connectivity index (χ3v) is 4.51. The number of allylic oxidation sites excluding steroid dienone is 1. The van der Waals surface area contributed by atoms with Crippen LogP contribution in [0.2, 0.25) is 0 Å². The third-order valence-electron chi connectivity index (χ3n) is 4.51. The number of hydrogen-bond acceptors (Lipinski definition) is 5. The van der Waals surface area contributed by atoms with Crippen LogP contribution in [0.5, 0.6) is 5.75 Å². The van der Waals surface area contributed by atoms with Crippen molar-refractivity contribution in [2.24, 2.45) is 5.10 Å². The minimum atomic E-state index is -0.0177. The highest BCUT2D eigenvalue weighted by Crippen LogP contribution is 2.41. The molecule has 0 saturated carbocycles. The van der Waals surface area contributed by atoms with Gasteiger partial charge in [-0.15, -0.1) is 10.2 Å². The summed E-state index contributed by atoms with van der Waals surface area (Å²) in [6.45, 7) is 9.88. The summed E-state index contributed by atoms with van der Waals surface area (Å²) in [5.74, 6) is 0.808. The van der Waals surface area contributed by atoms with E-state index in [1.54, 1.807) is 30.7 Å². The fourth-order valence-corrected chi connectivity index (χ4v) is 3.41. The van der Waals surface area contributed by atoms with E-state index >= 15 is 0 Å². The standard InChI is InChI=1S/C19H25N5O/c1-6-7-24-17-9-18(25-5)15(11-22-23-12-20-21-13-23)8-16(17)14(2)10-19(24,3)4/h8-13H,6-7H2,1-5H3/b22-11-. The van der Waals surface area contributed by atoms with Crippen molar-refractivity contribution in [2.75, 3.05) is 18.6 Å². The summed E-state index contributed by atoms with van der Waals surface area (Å²) in [6.07, 6.45) is 8.31. The molecule has 1 aliphatic heterocycles. The second kappa shape index (κ2) is 6.70. The van der Waals surface area contributed by atoms with E-state index < -0.39 is 0 Å². The summed E-state index contributed by atoms with van der Waals surface area (Å²) in [4.78, 5) is 2.44. The maximum absolute atomic E-state index is 5.63. The van der Waals surface area contributed by atoms with Crippen molar-refractivity contribution in [3.8, 4) is 5.75 Å². The van der Waals surface area contributed by atoms with Crippen LogP contribution in [-0.2, 0) is 0 Å². The van der Waals surface area contributed by atoms with E-state index in [0.29, 0.717) is 0 Å². The zero-order valence-corrected chi connectivity index (χ0v) is 15.5. The summed E-state index contributed by atoms with van der Waals surface area (Å²) in [5, 5.41) is 11.9. The Morgan fingerprint density at radius 2 is 1.96 bits per heavy atom. The molecule has 0 aliphatic carbocycles. The fourth-order valence-electron chi connectivity index (χ4n) is 3.41. The highest BCUT2D eigenvalue weighted by molar-refractivity contribution is 5.91. The Morgan fingerprint density at radius 1 is 1.24 bits per heavy atom. The Balaban J connectivity index is 2.09. The van der Waals surface area contributed by atoms with E-state index in [2.05, 4.69) is 66.1 Å². The van der Waals surface area contributed by atoms with Gasteiger partial charge >= 0.3 is 0 Å². The van der Waals surface area contributed by atoms with E-state index in [0.717, 1.165) is 24.3 Å². The molecule has 0 radical (unpaired) electrons. The van der Waals surface area contributed by atoms with E-state index in [4.69, 9.17) is 4.74 Å². The first-order valence-corrected chi connectivity index (χ1v) is 8.54. The van der Waals surface area contributed by atoms with E-state index in [-0.39, 0.29) is 5.54 Å². The number of anilines is 1. The van der Waals surface area contributed by atoms with Gasteiger partial charge in [0.2, 0.25) is 0 Å². The first kappa shape index (κ1) is 17.2. The van der Waals surface area contributed by atoms with E-state index in [9.17, 15) is 0 Å². The summed E-state index contributed by atoms with van der Waals surface area (Å²) >= 11 is 0. The molecule has 1 aliphatic rings. The Bertz CT molecular complexity index is 805. The molecule has 1 aromatic carbocycles. The molecule has 0 saturated heterocycles. The topological polar surface area (TPSA) is 55.5 Å². The maximum Gasteiger partial charge on any atom is 0.141 e. The predicted molar refractivity (Wildman–Crippen MR) is 101 cm³/mol. The van der Waals surface area contributed by atoms with Crippen LogP contribution in [0, 0.1) is 0 Å². The van der Waals surface area contributed by atoms with Crippen molar-refractivity contribution in [3.63, 3.8) is 0 Å². The molecule has 0 unspecified atom stereocenters. The van der Waals surface area contributed by atoms with Crippen LogP contribution in [0.15, 0.2) is 36.0 Å². The van der Waals surface area contributed by atoms with Crippen LogP contribution >= 0.6 is 0 Å². The van der Waals surface area contributed by atoms with Crippen molar-refractivity contribution in [1.29, 1.82) is 0 Å². The zero-order chi connectivity index (χ0) is 18.0. The van der Waals surface area contributed by atoms with Crippen molar-refractivity contribution < 1.29 is 4.74 Å². The number of ether oxygens (including phenoxy) is 1. The van der Waals surface area contributed by atoms with Crippen molar-refractivity contribution >= 4 is 17.5 Å². The zero-order valence-electron chi connectivity index (χ0n) is 15.5. The van der Waals surface area contributed by atoms with Gasteiger partial charge in [-0.05, 0) is 38.8 Å². The molecule has 2 heterocycles. The number of methoxy groups -OCH3 is 1. The number of aromatic nitrogens is 3. The van der Waals surface area contributed by atoms with Gasteiger partial charge in [-0.3, -0.25) is 0 Å². The molecule has 0 amide bonds. The molecule has 1 aromatic heterocycles. The van der Waals surface area contributed by atoms with Gasteiger partial charge in [0.1, 0.15) is 18.4 Å². The van der Waals surface area contributed by atoms with Gasteiger partial charge in [0.15, 0.2) is 0 Å². The van der Waals surface area contributed by atoms with Crippen molar-refractivity contribution in [2.45, 2.75) is 39.7 Å². The Kier molecular flexibility index (Phi) is 4.61. The molecule has 0 fully saturated rings. The Hall–Kier alpha value is -2.63. The van der Waals surface area contributed by atoms with Gasteiger partial charge in [-0.2, -0.15) is 5.10 Å². The minimum absolute atomic E-state index is 0.0177. The fraction of sp³-hybridized carbons (Fsp3) is 0.421. The number of nitrogens with zero attached hydrogens (tertiary/aromatic N) is 5. The van der Waals surface area contributed by atoms with Gasteiger partial charge < -0.3 is 9.64 Å². The van der Waals surface area contributed by atoms with E-state index in [1.807, 2.05) is 0 Å². The lowest BCUT2D eigenvalue weighted by Gasteiger charge is -2.43. The maximum atomic E-state index is 5.63. The second-order valence-electron chi connectivity index (χ2n) is 6.83. The average Bonchev–Trinajstić information content (AvgIpc) is 3.09. The largest absolute Gasteiger partial charge is 0.496 e. The Morgan fingerprint density at radius 3 is 2.60 bits per heavy atom. The molecule has 132 valence electrons. The van der Waals surface area contributed by atoms with Gasteiger partial charge in [0, 0.05) is 29.4 Å². The molecule has 0 bridgehead atoms. The summed E-state index contributed by atoms with van der Waals surface area (Å²) in [5.41, 5.74) is 4.62. The molecule has 6 nitrogen and oxygen atoms in total. The smallest absolute Gasteiger partial charge is 0.141 e. The molecular weight excluding hydrogens is 314 g/mol. The first-order chi connectivity index (χ1) is 12.0. The minimum Gasteiger partial charge on any atom is -0.496 e. The lowest BCUT2D eigenvalue weighted by molar-refractivity contribution is 0.413. The van der Waals surface area contributed by atoms with Gasteiger partial charge in [0.25, 0.3) is 0 Å². The number of fused-ring (bicyclic) bond motifs is 1. The lowest BCUT2D eigenvalue weighted by atomic mass is 9.87. The number of benzene rings is 1. The third kappa shape index (κ3) is 3.29. The normalized spacial score (nSPS) is 16.0. The lowest BCUT2D eigenvalue weighted by Crippen LogP contribution is -2.45.